The first kappa shape index (κ1) is 14.3. The minimum atomic E-state index is -0.139. The lowest BCUT2D eigenvalue weighted by Crippen LogP contribution is -2.30. The molecule has 4 nitrogen and oxygen atoms in total. The van der Waals surface area contributed by atoms with Gasteiger partial charge in [0.05, 0.1) is 17.3 Å². The van der Waals surface area contributed by atoms with Crippen molar-refractivity contribution in [2.75, 3.05) is 6.54 Å². The molecule has 1 aromatic heterocycles. The van der Waals surface area contributed by atoms with E-state index in [4.69, 9.17) is 11.6 Å². The van der Waals surface area contributed by atoms with Gasteiger partial charge in [0.2, 0.25) is 0 Å². The SMILES string of the molecule is CCN(Cc1ccccn1)C(=O)c1ccc(O)c(Cl)c1. The summed E-state index contributed by atoms with van der Waals surface area (Å²) in [4.78, 5) is 18.3. The number of aromatic hydroxyl groups is 1. The lowest BCUT2D eigenvalue weighted by atomic mass is 10.2. The van der Waals surface area contributed by atoms with Gasteiger partial charge in [-0.2, -0.15) is 0 Å². The fraction of sp³-hybridized carbons (Fsp3) is 0.200. The third-order valence-electron chi connectivity index (χ3n) is 2.94. The van der Waals surface area contributed by atoms with Gasteiger partial charge in [0.1, 0.15) is 5.75 Å². The molecule has 1 amide bonds. The highest BCUT2D eigenvalue weighted by Crippen LogP contribution is 2.24. The molecule has 1 aromatic carbocycles. The van der Waals surface area contributed by atoms with Crippen LogP contribution < -0.4 is 0 Å². The monoisotopic (exact) mass is 290 g/mol. The van der Waals surface area contributed by atoms with Gasteiger partial charge in [-0.05, 0) is 37.3 Å². The Kier molecular flexibility index (Phi) is 4.58. The molecule has 0 saturated heterocycles. The van der Waals surface area contributed by atoms with E-state index in [2.05, 4.69) is 4.98 Å². The summed E-state index contributed by atoms with van der Waals surface area (Å²) >= 11 is 5.83. The topological polar surface area (TPSA) is 53.4 Å². The Morgan fingerprint density at radius 2 is 2.15 bits per heavy atom. The van der Waals surface area contributed by atoms with Crippen molar-refractivity contribution in [2.24, 2.45) is 0 Å². The van der Waals surface area contributed by atoms with E-state index in [1.54, 1.807) is 17.2 Å². The molecule has 0 aliphatic rings. The molecule has 1 N–H and O–H groups in total. The van der Waals surface area contributed by atoms with Crippen LogP contribution in [-0.4, -0.2) is 27.4 Å². The summed E-state index contributed by atoms with van der Waals surface area (Å²) in [6, 6.07) is 10.0. The number of halogens is 1. The summed E-state index contributed by atoms with van der Waals surface area (Å²) in [7, 11) is 0. The maximum Gasteiger partial charge on any atom is 0.254 e. The number of aromatic nitrogens is 1. The van der Waals surface area contributed by atoms with E-state index in [0.29, 0.717) is 18.7 Å². The number of phenolic OH excluding ortho intramolecular Hbond substituents is 1. The second kappa shape index (κ2) is 6.39. The van der Waals surface area contributed by atoms with Crippen LogP contribution in [0.3, 0.4) is 0 Å². The van der Waals surface area contributed by atoms with Crippen LogP contribution >= 0.6 is 11.6 Å². The van der Waals surface area contributed by atoms with Crippen LogP contribution in [0, 0.1) is 0 Å². The van der Waals surface area contributed by atoms with Crippen molar-refractivity contribution in [3.8, 4) is 5.75 Å². The average Bonchev–Trinajstić information content (AvgIpc) is 2.48. The van der Waals surface area contributed by atoms with Crippen molar-refractivity contribution in [1.29, 1.82) is 0 Å². The van der Waals surface area contributed by atoms with Gasteiger partial charge in [-0.15, -0.1) is 0 Å². The number of nitrogens with zero attached hydrogens (tertiary/aromatic N) is 2. The molecule has 0 fully saturated rings. The number of amides is 1. The number of rotatable bonds is 4. The van der Waals surface area contributed by atoms with Crippen molar-refractivity contribution in [1.82, 2.24) is 9.88 Å². The summed E-state index contributed by atoms with van der Waals surface area (Å²) in [6.07, 6.45) is 1.70. The Labute approximate surface area is 122 Å². The number of pyridine rings is 1. The van der Waals surface area contributed by atoms with E-state index in [1.807, 2.05) is 25.1 Å². The van der Waals surface area contributed by atoms with Gasteiger partial charge in [0.25, 0.3) is 5.91 Å². The normalized spacial score (nSPS) is 10.3. The molecule has 0 saturated carbocycles. The van der Waals surface area contributed by atoms with E-state index in [9.17, 15) is 9.90 Å². The van der Waals surface area contributed by atoms with Crippen LogP contribution in [0.15, 0.2) is 42.6 Å². The Balaban J connectivity index is 2.18. The third kappa shape index (κ3) is 3.27. The zero-order chi connectivity index (χ0) is 14.5. The van der Waals surface area contributed by atoms with Gasteiger partial charge in [-0.25, -0.2) is 0 Å². The number of hydrogen-bond acceptors (Lipinski definition) is 3. The third-order valence-corrected chi connectivity index (χ3v) is 3.25. The maximum absolute atomic E-state index is 12.4. The van der Waals surface area contributed by atoms with Crippen LogP contribution in [0.25, 0.3) is 0 Å². The van der Waals surface area contributed by atoms with E-state index in [0.717, 1.165) is 5.69 Å². The first-order valence-electron chi connectivity index (χ1n) is 6.29. The van der Waals surface area contributed by atoms with E-state index in [1.165, 1.54) is 12.1 Å². The smallest absolute Gasteiger partial charge is 0.254 e. The second-order valence-corrected chi connectivity index (χ2v) is 4.71. The number of carbonyl (C=O) groups excluding carboxylic acids is 1. The zero-order valence-electron chi connectivity index (χ0n) is 11.1. The Hall–Kier alpha value is -2.07. The molecule has 0 aliphatic carbocycles. The molecule has 0 spiro atoms. The van der Waals surface area contributed by atoms with Gasteiger partial charge in [-0.3, -0.25) is 9.78 Å². The van der Waals surface area contributed by atoms with Gasteiger partial charge < -0.3 is 10.0 Å². The fourth-order valence-corrected chi connectivity index (χ4v) is 2.02. The number of phenols is 1. The molecule has 20 heavy (non-hydrogen) atoms. The minimum Gasteiger partial charge on any atom is -0.506 e. The predicted octanol–water partition coefficient (Wildman–Crippen LogP) is 3.10. The molecule has 2 aromatic rings. The van der Waals surface area contributed by atoms with Crippen LogP contribution in [0.4, 0.5) is 0 Å². The van der Waals surface area contributed by atoms with Crippen LogP contribution in [0.2, 0.25) is 5.02 Å². The first-order valence-corrected chi connectivity index (χ1v) is 6.67. The number of benzene rings is 1. The molecule has 0 aliphatic heterocycles. The molecule has 0 unspecified atom stereocenters. The molecular weight excluding hydrogens is 276 g/mol. The van der Waals surface area contributed by atoms with Crippen molar-refractivity contribution < 1.29 is 9.90 Å². The van der Waals surface area contributed by atoms with Crippen LogP contribution in [0.5, 0.6) is 5.75 Å². The Bertz CT molecular complexity index is 602. The van der Waals surface area contributed by atoms with E-state index in [-0.39, 0.29) is 16.7 Å². The largest absolute Gasteiger partial charge is 0.506 e. The Morgan fingerprint density at radius 1 is 1.35 bits per heavy atom. The molecule has 104 valence electrons. The molecule has 0 radical (unpaired) electrons. The maximum atomic E-state index is 12.4. The highest BCUT2D eigenvalue weighted by atomic mass is 35.5. The molecule has 1 heterocycles. The average molecular weight is 291 g/mol. The molecule has 0 bridgehead atoms. The summed E-state index contributed by atoms with van der Waals surface area (Å²) in [5.41, 5.74) is 1.28. The quantitative estimate of drug-likeness (QED) is 0.941. The van der Waals surface area contributed by atoms with Crippen molar-refractivity contribution in [3.05, 3.63) is 58.9 Å². The lowest BCUT2D eigenvalue weighted by molar-refractivity contribution is 0.0750. The number of carbonyl (C=O) groups is 1. The van der Waals surface area contributed by atoms with Crippen LogP contribution in [0.1, 0.15) is 23.0 Å². The molecular formula is C15H15ClN2O2. The van der Waals surface area contributed by atoms with Crippen LogP contribution in [-0.2, 0) is 6.54 Å². The highest BCUT2D eigenvalue weighted by molar-refractivity contribution is 6.32. The minimum absolute atomic E-state index is 0.0315. The van der Waals surface area contributed by atoms with E-state index < -0.39 is 0 Å². The van der Waals surface area contributed by atoms with Crippen molar-refractivity contribution in [3.63, 3.8) is 0 Å². The summed E-state index contributed by atoms with van der Waals surface area (Å²) in [5, 5.41) is 9.56. The predicted molar refractivity (Wildman–Crippen MR) is 77.8 cm³/mol. The lowest BCUT2D eigenvalue weighted by Gasteiger charge is -2.20. The Morgan fingerprint density at radius 3 is 2.75 bits per heavy atom. The van der Waals surface area contributed by atoms with E-state index >= 15 is 0 Å². The second-order valence-electron chi connectivity index (χ2n) is 4.31. The van der Waals surface area contributed by atoms with Gasteiger partial charge in [0.15, 0.2) is 0 Å². The van der Waals surface area contributed by atoms with Crippen molar-refractivity contribution in [2.45, 2.75) is 13.5 Å². The fourth-order valence-electron chi connectivity index (χ4n) is 1.84. The van der Waals surface area contributed by atoms with Gasteiger partial charge in [0, 0.05) is 18.3 Å². The van der Waals surface area contributed by atoms with Gasteiger partial charge >= 0.3 is 0 Å². The molecule has 0 atom stereocenters. The van der Waals surface area contributed by atoms with Gasteiger partial charge in [-0.1, -0.05) is 17.7 Å². The zero-order valence-corrected chi connectivity index (χ0v) is 11.8. The highest BCUT2D eigenvalue weighted by Gasteiger charge is 2.16. The first-order chi connectivity index (χ1) is 9.61. The standard InChI is InChI=1S/C15H15ClN2O2/c1-2-18(10-12-5-3-4-8-17-12)15(20)11-6-7-14(19)13(16)9-11/h3-9,19H,2,10H2,1H3. The molecule has 5 heteroatoms. The number of hydrogen-bond donors (Lipinski definition) is 1. The molecule has 2 rings (SSSR count). The summed E-state index contributed by atoms with van der Waals surface area (Å²) in [5.74, 6) is -0.170. The summed E-state index contributed by atoms with van der Waals surface area (Å²) < 4.78 is 0. The van der Waals surface area contributed by atoms with Crippen molar-refractivity contribution >= 4 is 17.5 Å². The summed E-state index contributed by atoms with van der Waals surface area (Å²) in [6.45, 7) is 2.91.